The predicted octanol–water partition coefficient (Wildman–Crippen LogP) is 3.00. The average molecular weight is 339 g/mol. The van der Waals surface area contributed by atoms with Gasteiger partial charge in [0.25, 0.3) is 5.91 Å². The Morgan fingerprint density at radius 1 is 1.16 bits per heavy atom. The molecule has 1 aliphatic carbocycles. The van der Waals surface area contributed by atoms with Gasteiger partial charge < -0.3 is 15.2 Å². The summed E-state index contributed by atoms with van der Waals surface area (Å²) < 4.78 is 5.12. The molecule has 1 amide bonds. The molecule has 1 atom stereocenters. The minimum Gasteiger partial charge on any atom is -0.482 e. The van der Waals surface area contributed by atoms with Crippen LogP contribution < -0.4 is 10.1 Å². The molecule has 5 heteroatoms. The molecule has 3 rings (SSSR count). The van der Waals surface area contributed by atoms with Crippen molar-refractivity contribution in [2.75, 3.05) is 13.2 Å². The summed E-state index contributed by atoms with van der Waals surface area (Å²) in [6, 6.07) is 15.0. The first-order chi connectivity index (χ1) is 12.1. The van der Waals surface area contributed by atoms with E-state index in [9.17, 15) is 9.59 Å². The first-order valence-electron chi connectivity index (χ1n) is 8.44. The Hall–Kier alpha value is -2.82. The molecule has 5 nitrogen and oxygen atoms in total. The van der Waals surface area contributed by atoms with Gasteiger partial charge in [-0.2, -0.15) is 0 Å². The monoisotopic (exact) mass is 339 g/mol. The number of carbonyl (C=O) groups is 2. The van der Waals surface area contributed by atoms with Crippen molar-refractivity contribution in [3.63, 3.8) is 0 Å². The number of hydrogen-bond acceptors (Lipinski definition) is 3. The van der Waals surface area contributed by atoms with Gasteiger partial charge in [-0.15, -0.1) is 0 Å². The number of benzene rings is 2. The zero-order valence-corrected chi connectivity index (χ0v) is 13.9. The molecule has 0 fully saturated rings. The van der Waals surface area contributed by atoms with Crippen molar-refractivity contribution in [3.05, 3.63) is 65.2 Å². The predicted molar refractivity (Wildman–Crippen MR) is 94.0 cm³/mol. The van der Waals surface area contributed by atoms with E-state index in [2.05, 4.69) is 23.5 Å². The molecule has 0 saturated carbocycles. The molecule has 130 valence electrons. The Morgan fingerprint density at radius 3 is 2.84 bits per heavy atom. The molecular weight excluding hydrogens is 318 g/mol. The highest BCUT2D eigenvalue weighted by Gasteiger charge is 2.20. The van der Waals surface area contributed by atoms with E-state index in [0.29, 0.717) is 23.8 Å². The van der Waals surface area contributed by atoms with Crippen LogP contribution in [0.5, 0.6) is 5.75 Å². The van der Waals surface area contributed by atoms with E-state index in [0.717, 1.165) is 19.3 Å². The number of ether oxygens (including phenoxy) is 1. The van der Waals surface area contributed by atoms with Crippen molar-refractivity contribution in [3.8, 4) is 5.75 Å². The Bertz CT molecular complexity index is 772. The normalized spacial score (nSPS) is 15.9. The molecule has 0 saturated heterocycles. The molecule has 0 aromatic heterocycles. The van der Waals surface area contributed by atoms with E-state index in [1.54, 1.807) is 24.3 Å². The minimum absolute atomic E-state index is 0.177. The first kappa shape index (κ1) is 17.0. The molecule has 25 heavy (non-hydrogen) atoms. The fourth-order valence-electron chi connectivity index (χ4n) is 3.26. The standard InChI is InChI=1S/C20H21NO4/c22-19(23)13-25-17-9-4-7-15(11-17)20(24)21-12-16-8-3-6-14-5-1-2-10-18(14)16/h1-2,4-5,7,9-11,16H,3,6,8,12-13H2,(H,21,24)(H,22,23). The number of aliphatic carboxylic acids is 1. The van der Waals surface area contributed by atoms with Gasteiger partial charge in [0.2, 0.25) is 0 Å². The second kappa shape index (κ2) is 7.83. The number of aryl methyl sites for hydroxylation is 1. The maximum absolute atomic E-state index is 12.4. The number of amides is 1. The fourth-order valence-corrected chi connectivity index (χ4v) is 3.26. The largest absolute Gasteiger partial charge is 0.482 e. The Kier molecular flexibility index (Phi) is 5.33. The molecule has 0 bridgehead atoms. The van der Waals surface area contributed by atoms with Gasteiger partial charge in [0.15, 0.2) is 6.61 Å². The molecule has 0 radical (unpaired) electrons. The van der Waals surface area contributed by atoms with Crippen LogP contribution in [0.2, 0.25) is 0 Å². The first-order valence-corrected chi connectivity index (χ1v) is 8.44. The summed E-state index contributed by atoms with van der Waals surface area (Å²) in [4.78, 5) is 23.0. The lowest BCUT2D eigenvalue weighted by molar-refractivity contribution is -0.139. The summed E-state index contributed by atoms with van der Waals surface area (Å²) in [7, 11) is 0. The van der Waals surface area contributed by atoms with Crippen molar-refractivity contribution in [2.24, 2.45) is 0 Å². The van der Waals surface area contributed by atoms with Gasteiger partial charge in [-0.1, -0.05) is 30.3 Å². The zero-order chi connectivity index (χ0) is 17.6. The van der Waals surface area contributed by atoms with Gasteiger partial charge in [-0.3, -0.25) is 4.79 Å². The van der Waals surface area contributed by atoms with Crippen molar-refractivity contribution < 1.29 is 19.4 Å². The van der Waals surface area contributed by atoms with E-state index in [-0.39, 0.29) is 5.91 Å². The van der Waals surface area contributed by atoms with Crippen LogP contribution >= 0.6 is 0 Å². The average Bonchev–Trinajstić information content (AvgIpc) is 2.64. The van der Waals surface area contributed by atoms with Crippen molar-refractivity contribution >= 4 is 11.9 Å². The summed E-state index contributed by atoms with van der Waals surface area (Å²) in [5, 5.41) is 11.6. The molecule has 1 unspecified atom stereocenters. The van der Waals surface area contributed by atoms with Crippen molar-refractivity contribution in [1.82, 2.24) is 5.32 Å². The number of rotatable bonds is 6. The van der Waals surface area contributed by atoms with Gasteiger partial charge in [0.1, 0.15) is 5.75 Å². The zero-order valence-electron chi connectivity index (χ0n) is 13.9. The van der Waals surface area contributed by atoms with E-state index < -0.39 is 12.6 Å². The second-order valence-electron chi connectivity index (χ2n) is 6.21. The number of fused-ring (bicyclic) bond motifs is 1. The molecule has 2 aromatic carbocycles. The molecular formula is C20H21NO4. The van der Waals surface area contributed by atoms with Crippen LogP contribution in [0.1, 0.15) is 40.2 Å². The summed E-state index contributed by atoms with van der Waals surface area (Å²) in [5.41, 5.74) is 3.16. The highest BCUT2D eigenvalue weighted by molar-refractivity contribution is 5.94. The van der Waals surface area contributed by atoms with Gasteiger partial charge in [0, 0.05) is 18.0 Å². The molecule has 0 aliphatic heterocycles. The van der Waals surface area contributed by atoms with E-state index in [4.69, 9.17) is 9.84 Å². The third-order valence-electron chi connectivity index (χ3n) is 4.46. The molecule has 0 spiro atoms. The van der Waals surface area contributed by atoms with Crippen LogP contribution in [0.3, 0.4) is 0 Å². The highest BCUT2D eigenvalue weighted by Crippen LogP contribution is 2.30. The number of carboxylic acids is 1. The van der Waals surface area contributed by atoms with Crippen molar-refractivity contribution in [1.29, 1.82) is 0 Å². The summed E-state index contributed by atoms with van der Waals surface area (Å²) in [5.74, 6) is -0.520. The quantitative estimate of drug-likeness (QED) is 0.848. The lowest BCUT2D eigenvalue weighted by atomic mass is 9.83. The van der Waals surface area contributed by atoms with Crippen LogP contribution in [-0.4, -0.2) is 30.1 Å². The van der Waals surface area contributed by atoms with Crippen LogP contribution in [0.15, 0.2) is 48.5 Å². The second-order valence-corrected chi connectivity index (χ2v) is 6.21. The third kappa shape index (κ3) is 4.38. The number of nitrogens with one attached hydrogen (secondary N) is 1. The fraction of sp³-hybridized carbons (Fsp3) is 0.300. The lowest BCUT2D eigenvalue weighted by Crippen LogP contribution is -2.30. The van der Waals surface area contributed by atoms with Gasteiger partial charge in [-0.05, 0) is 48.6 Å². The third-order valence-corrected chi connectivity index (χ3v) is 4.46. The smallest absolute Gasteiger partial charge is 0.341 e. The number of carboxylic acid groups (broad SMARTS) is 1. The highest BCUT2D eigenvalue weighted by atomic mass is 16.5. The molecule has 0 heterocycles. The topological polar surface area (TPSA) is 75.6 Å². The van der Waals surface area contributed by atoms with E-state index in [1.807, 2.05) is 6.07 Å². The summed E-state index contributed by atoms with van der Waals surface area (Å²) in [6.07, 6.45) is 3.30. The molecule has 2 N–H and O–H groups in total. The Morgan fingerprint density at radius 2 is 2.00 bits per heavy atom. The summed E-state index contributed by atoms with van der Waals surface area (Å²) >= 11 is 0. The van der Waals surface area contributed by atoms with Crippen LogP contribution in [0.25, 0.3) is 0 Å². The van der Waals surface area contributed by atoms with E-state index in [1.165, 1.54) is 11.1 Å². The molecule has 1 aliphatic rings. The Balaban J connectivity index is 1.62. The maximum atomic E-state index is 12.4. The van der Waals surface area contributed by atoms with Gasteiger partial charge in [-0.25, -0.2) is 4.79 Å². The Labute approximate surface area is 146 Å². The van der Waals surface area contributed by atoms with Crippen LogP contribution in [0, 0.1) is 0 Å². The number of hydrogen-bond donors (Lipinski definition) is 2. The van der Waals surface area contributed by atoms with Gasteiger partial charge in [0.05, 0.1) is 0 Å². The maximum Gasteiger partial charge on any atom is 0.341 e. The summed E-state index contributed by atoms with van der Waals surface area (Å²) in [6.45, 7) is 0.167. The number of carbonyl (C=O) groups excluding carboxylic acids is 1. The minimum atomic E-state index is -1.05. The van der Waals surface area contributed by atoms with Crippen molar-refractivity contribution in [2.45, 2.75) is 25.2 Å². The van der Waals surface area contributed by atoms with Gasteiger partial charge >= 0.3 is 5.97 Å². The SMILES string of the molecule is O=C(O)COc1cccc(C(=O)NCC2CCCc3ccccc32)c1. The van der Waals surface area contributed by atoms with E-state index >= 15 is 0 Å². The van der Waals surface area contributed by atoms with Crippen LogP contribution in [-0.2, 0) is 11.2 Å². The van der Waals surface area contributed by atoms with Crippen LogP contribution in [0.4, 0.5) is 0 Å². The molecule has 2 aromatic rings. The lowest BCUT2D eigenvalue weighted by Gasteiger charge is -2.25.